The zero-order valence-corrected chi connectivity index (χ0v) is 12.9. The van der Waals surface area contributed by atoms with Crippen molar-refractivity contribution < 1.29 is 0 Å². The van der Waals surface area contributed by atoms with Crippen LogP contribution in [-0.4, -0.2) is 11.4 Å². The lowest BCUT2D eigenvalue weighted by Gasteiger charge is -2.35. The Bertz CT molecular complexity index is 579. The van der Waals surface area contributed by atoms with Gasteiger partial charge in [-0.3, -0.25) is 4.90 Å². The molecule has 0 saturated carbocycles. The van der Waals surface area contributed by atoms with E-state index in [1.807, 2.05) is 6.07 Å². The molecule has 0 aliphatic carbocycles. The number of fused-ring (bicyclic) bond motifs is 1. The van der Waals surface area contributed by atoms with Crippen LogP contribution in [0.4, 0.5) is 0 Å². The average molecular weight is 280 g/mol. The molecule has 0 bridgehead atoms. The topological polar surface area (TPSA) is 29.3 Å². The lowest BCUT2D eigenvalue weighted by molar-refractivity contribution is 0.152. The zero-order valence-electron chi connectivity index (χ0n) is 12.9. The van der Waals surface area contributed by atoms with Crippen LogP contribution < -0.4 is 5.73 Å². The summed E-state index contributed by atoms with van der Waals surface area (Å²) in [7, 11) is 0. The van der Waals surface area contributed by atoms with Gasteiger partial charge in [-0.1, -0.05) is 68.4 Å². The van der Waals surface area contributed by atoms with Gasteiger partial charge in [0.15, 0.2) is 0 Å². The smallest absolute Gasteiger partial charge is 0.0359 e. The van der Waals surface area contributed by atoms with E-state index in [2.05, 4.69) is 67.3 Å². The normalized spacial score (nSPS) is 16.7. The lowest BCUT2D eigenvalue weighted by Crippen LogP contribution is -2.39. The number of nitrogens with two attached hydrogens (primary N) is 1. The van der Waals surface area contributed by atoms with Crippen LogP contribution in [0.1, 0.15) is 36.6 Å². The Morgan fingerprint density at radius 3 is 2.05 bits per heavy atom. The van der Waals surface area contributed by atoms with Gasteiger partial charge in [-0.05, 0) is 22.1 Å². The molecule has 0 fully saturated rings. The molecule has 21 heavy (non-hydrogen) atoms. The molecule has 2 nitrogen and oxygen atoms in total. The molecular formula is C19H24N2. The third-order valence-electron chi connectivity index (χ3n) is 4.54. The second-order valence-electron chi connectivity index (χ2n) is 6.79. The maximum Gasteiger partial charge on any atom is 0.0359 e. The van der Waals surface area contributed by atoms with E-state index in [-0.39, 0.29) is 11.5 Å². The summed E-state index contributed by atoms with van der Waals surface area (Å²) in [4.78, 5) is 2.51. The summed E-state index contributed by atoms with van der Waals surface area (Å²) in [6.45, 7) is 7.64. The van der Waals surface area contributed by atoms with Crippen molar-refractivity contribution in [2.45, 2.75) is 33.0 Å². The maximum atomic E-state index is 6.53. The fourth-order valence-electron chi connectivity index (χ4n) is 3.30. The lowest BCUT2D eigenvalue weighted by atomic mass is 9.80. The van der Waals surface area contributed by atoms with Gasteiger partial charge in [0.25, 0.3) is 0 Å². The Morgan fingerprint density at radius 1 is 0.952 bits per heavy atom. The van der Waals surface area contributed by atoms with E-state index in [0.29, 0.717) is 0 Å². The van der Waals surface area contributed by atoms with E-state index in [1.165, 1.54) is 16.7 Å². The second-order valence-corrected chi connectivity index (χ2v) is 6.79. The van der Waals surface area contributed by atoms with Gasteiger partial charge in [-0.25, -0.2) is 0 Å². The molecule has 2 N–H and O–H groups in total. The van der Waals surface area contributed by atoms with Gasteiger partial charge in [0, 0.05) is 25.7 Å². The predicted octanol–water partition coefficient (Wildman–Crippen LogP) is 3.73. The average Bonchev–Trinajstić information content (AvgIpc) is 2.88. The van der Waals surface area contributed by atoms with Gasteiger partial charge in [-0.15, -0.1) is 0 Å². The van der Waals surface area contributed by atoms with E-state index in [1.54, 1.807) is 0 Å². The molecule has 0 radical (unpaired) electrons. The van der Waals surface area contributed by atoms with Crippen molar-refractivity contribution in [3.8, 4) is 0 Å². The van der Waals surface area contributed by atoms with E-state index in [0.717, 1.165) is 19.6 Å². The van der Waals surface area contributed by atoms with E-state index in [9.17, 15) is 0 Å². The van der Waals surface area contributed by atoms with Crippen molar-refractivity contribution in [3.63, 3.8) is 0 Å². The molecule has 2 aromatic rings. The number of rotatable bonds is 4. The highest BCUT2D eigenvalue weighted by atomic mass is 15.1. The molecule has 1 aliphatic heterocycles. The SMILES string of the molecule is CC(C)(CN1Cc2ccccc2C1)C(N)c1ccccc1. The molecule has 110 valence electrons. The Kier molecular flexibility index (Phi) is 3.83. The molecule has 1 unspecified atom stereocenters. The summed E-state index contributed by atoms with van der Waals surface area (Å²) in [5, 5.41) is 0. The van der Waals surface area contributed by atoms with E-state index >= 15 is 0 Å². The highest BCUT2D eigenvalue weighted by molar-refractivity contribution is 5.30. The third-order valence-corrected chi connectivity index (χ3v) is 4.54. The van der Waals surface area contributed by atoms with Crippen LogP contribution in [0.25, 0.3) is 0 Å². The largest absolute Gasteiger partial charge is 0.323 e. The second kappa shape index (κ2) is 5.63. The Labute approximate surface area is 127 Å². The van der Waals surface area contributed by atoms with Crippen molar-refractivity contribution in [1.29, 1.82) is 0 Å². The quantitative estimate of drug-likeness (QED) is 0.924. The highest BCUT2D eigenvalue weighted by Crippen LogP contribution is 2.34. The number of benzene rings is 2. The van der Waals surface area contributed by atoms with Crippen molar-refractivity contribution in [3.05, 3.63) is 71.3 Å². The molecule has 0 amide bonds. The molecule has 0 aromatic heterocycles. The molecule has 0 spiro atoms. The van der Waals surface area contributed by atoms with Gasteiger partial charge < -0.3 is 5.73 Å². The molecule has 1 heterocycles. The third kappa shape index (κ3) is 3.02. The summed E-state index contributed by atoms with van der Waals surface area (Å²) in [6, 6.07) is 19.2. The molecule has 1 atom stereocenters. The standard InChI is InChI=1S/C19H24N2/c1-19(2,18(20)15-8-4-3-5-9-15)14-21-12-16-10-6-7-11-17(16)13-21/h3-11,18H,12-14,20H2,1-2H3. The van der Waals surface area contributed by atoms with Crippen LogP contribution >= 0.6 is 0 Å². The van der Waals surface area contributed by atoms with Crippen molar-refractivity contribution in [2.24, 2.45) is 11.1 Å². The first kappa shape index (κ1) is 14.3. The molecule has 0 saturated heterocycles. The van der Waals surface area contributed by atoms with E-state index < -0.39 is 0 Å². The molecule has 2 heteroatoms. The summed E-state index contributed by atoms with van der Waals surface area (Å²) in [5.74, 6) is 0. The van der Waals surface area contributed by atoms with Gasteiger partial charge in [0.05, 0.1) is 0 Å². The maximum absolute atomic E-state index is 6.53. The Hall–Kier alpha value is -1.64. The minimum absolute atomic E-state index is 0.0450. The number of nitrogens with zero attached hydrogens (tertiary/aromatic N) is 1. The summed E-state index contributed by atoms with van der Waals surface area (Å²) < 4.78 is 0. The first-order valence-electron chi connectivity index (χ1n) is 7.66. The number of hydrogen-bond acceptors (Lipinski definition) is 2. The molecule has 1 aliphatic rings. The zero-order chi connectivity index (χ0) is 14.9. The van der Waals surface area contributed by atoms with Gasteiger partial charge >= 0.3 is 0 Å². The predicted molar refractivity (Wildman–Crippen MR) is 87.7 cm³/mol. The fraction of sp³-hybridized carbons (Fsp3) is 0.368. The minimum atomic E-state index is 0.0450. The van der Waals surface area contributed by atoms with Gasteiger partial charge in [0.2, 0.25) is 0 Å². The van der Waals surface area contributed by atoms with Crippen molar-refractivity contribution in [1.82, 2.24) is 4.90 Å². The first-order chi connectivity index (χ1) is 10.1. The fourth-order valence-corrected chi connectivity index (χ4v) is 3.30. The molecular weight excluding hydrogens is 256 g/mol. The summed E-state index contributed by atoms with van der Waals surface area (Å²) in [6.07, 6.45) is 0. The number of hydrogen-bond donors (Lipinski definition) is 1. The molecule has 2 aromatic carbocycles. The van der Waals surface area contributed by atoms with Crippen LogP contribution in [-0.2, 0) is 13.1 Å². The van der Waals surface area contributed by atoms with Crippen molar-refractivity contribution in [2.75, 3.05) is 6.54 Å². The van der Waals surface area contributed by atoms with Crippen LogP contribution in [0, 0.1) is 5.41 Å². The minimum Gasteiger partial charge on any atom is -0.323 e. The summed E-state index contributed by atoms with van der Waals surface area (Å²) in [5.41, 5.74) is 10.7. The van der Waals surface area contributed by atoms with Crippen LogP contribution in [0.2, 0.25) is 0 Å². The Balaban J connectivity index is 1.70. The Morgan fingerprint density at radius 2 is 1.48 bits per heavy atom. The highest BCUT2D eigenvalue weighted by Gasteiger charge is 2.31. The van der Waals surface area contributed by atoms with E-state index in [4.69, 9.17) is 5.73 Å². The van der Waals surface area contributed by atoms with Crippen LogP contribution in [0.5, 0.6) is 0 Å². The molecule has 3 rings (SSSR count). The van der Waals surface area contributed by atoms with Crippen LogP contribution in [0.15, 0.2) is 54.6 Å². The van der Waals surface area contributed by atoms with Crippen molar-refractivity contribution >= 4 is 0 Å². The van der Waals surface area contributed by atoms with Crippen LogP contribution in [0.3, 0.4) is 0 Å². The monoisotopic (exact) mass is 280 g/mol. The first-order valence-corrected chi connectivity index (χ1v) is 7.66. The summed E-state index contributed by atoms with van der Waals surface area (Å²) >= 11 is 0. The van der Waals surface area contributed by atoms with Gasteiger partial charge in [-0.2, -0.15) is 0 Å². The van der Waals surface area contributed by atoms with Gasteiger partial charge in [0.1, 0.15) is 0 Å².